The number of nitrogens with one attached hydrogen (secondary N) is 1. The Morgan fingerprint density at radius 3 is 2.39 bits per heavy atom. The van der Waals surface area contributed by atoms with Crippen LogP contribution in [0, 0.1) is 0 Å². The summed E-state index contributed by atoms with van der Waals surface area (Å²) in [5, 5.41) is 12.8. The standard InChI is InChI=1S/C15H13NO2/c17-14(18)15(12-7-2-1-3-8-12)10-11-6-4-5-9-13(11)16-15/h1-9,16H,10H2,(H,17,18). The van der Waals surface area contributed by atoms with Crippen molar-refractivity contribution >= 4 is 11.7 Å². The van der Waals surface area contributed by atoms with E-state index in [4.69, 9.17) is 0 Å². The van der Waals surface area contributed by atoms with Crippen LogP contribution in [0.25, 0.3) is 0 Å². The van der Waals surface area contributed by atoms with Gasteiger partial charge in [-0.1, -0.05) is 48.5 Å². The van der Waals surface area contributed by atoms with E-state index in [0.717, 1.165) is 16.8 Å². The first-order valence-corrected chi connectivity index (χ1v) is 5.87. The van der Waals surface area contributed by atoms with E-state index in [-0.39, 0.29) is 0 Å². The van der Waals surface area contributed by atoms with Gasteiger partial charge in [-0.3, -0.25) is 0 Å². The van der Waals surface area contributed by atoms with Crippen molar-refractivity contribution in [1.82, 2.24) is 0 Å². The van der Waals surface area contributed by atoms with Crippen molar-refractivity contribution in [1.29, 1.82) is 0 Å². The molecule has 0 saturated heterocycles. The summed E-state index contributed by atoms with van der Waals surface area (Å²) in [5.74, 6) is -0.843. The number of carboxylic acid groups (broad SMARTS) is 1. The summed E-state index contributed by atoms with van der Waals surface area (Å²) in [6, 6.07) is 17.1. The third kappa shape index (κ3) is 1.48. The Labute approximate surface area is 105 Å². The number of hydrogen-bond donors (Lipinski definition) is 2. The van der Waals surface area contributed by atoms with Crippen LogP contribution >= 0.6 is 0 Å². The summed E-state index contributed by atoms with van der Waals surface area (Å²) in [4.78, 5) is 11.7. The lowest BCUT2D eigenvalue weighted by Gasteiger charge is -2.25. The summed E-state index contributed by atoms with van der Waals surface area (Å²) in [7, 11) is 0. The van der Waals surface area contributed by atoms with Gasteiger partial charge in [0.2, 0.25) is 0 Å². The van der Waals surface area contributed by atoms with Crippen LogP contribution in [-0.4, -0.2) is 11.1 Å². The normalized spacial score (nSPS) is 21.1. The summed E-state index contributed by atoms with van der Waals surface area (Å²) >= 11 is 0. The van der Waals surface area contributed by atoms with Gasteiger partial charge in [0.25, 0.3) is 0 Å². The molecule has 1 aliphatic rings. The molecule has 0 aromatic heterocycles. The largest absolute Gasteiger partial charge is 0.479 e. The summed E-state index contributed by atoms with van der Waals surface area (Å²) in [5.41, 5.74) is 1.70. The number of fused-ring (bicyclic) bond motifs is 1. The number of para-hydroxylation sites is 1. The third-order valence-corrected chi connectivity index (χ3v) is 3.45. The zero-order valence-electron chi connectivity index (χ0n) is 9.76. The number of aliphatic carboxylic acids is 1. The highest BCUT2D eigenvalue weighted by Gasteiger charge is 2.45. The first-order valence-electron chi connectivity index (χ1n) is 5.87. The van der Waals surface area contributed by atoms with Gasteiger partial charge in [-0.25, -0.2) is 4.79 Å². The molecule has 2 N–H and O–H groups in total. The molecule has 0 amide bonds. The molecule has 1 aliphatic heterocycles. The van der Waals surface area contributed by atoms with Crippen molar-refractivity contribution in [2.45, 2.75) is 12.0 Å². The molecule has 0 aliphatic carbocycles. The van der Waals surface area contributed by atoms with E-state index in [1.165, 1.54) is 0 Å². The number of hydrogen-bond acceptors (Lipinski definition) is 2. The monoisotopic (exact) mass is 239 g/mol. The van der Waals surface area contributed by atoms with Gasteiger partial charge in [0.1, 0.15) is 0 Å². The predicted molar refractivity (Wildman–Crippen MR) is 69.5 cm³/mol. The quantitative estimate of drug-likeness (QED) is 0.847. The van der Waals surface area contributed by atoms with Crippen molar-refractivity contribution < 1.29 is 9.90 Å². The Morgan fingerprint density at radius 1 is 1.06 bits per heavy atom. The molecule has 2 aromatic carbocycles. The molecule has 1 atom stereocenters. The number of carbonyl (C=O) groups is 1. The predicted octanol–water partition coefficient (Wildman–Crippen LogP) is 2.63. The van der Waals surface area contributed by atoms with Gasteiger partial charge in [0, 0.05) is 12.1 Å². The van der Waals surface area contributed by atoms with E-state index >= 15 is 0 Å². The van der Waals surface area contributed by atoms with Gasteiger partial charge in [0.05, 0.1) is 0 Å². The molecule has 3 rings (SSSR count). The second-order valence-electron chi connectivity index (χ2n) is 4.54. The van der Waals surface area contributed by atoms with Crippen molar-refractivity contribution in [3.63, 3.8) is 0 Å². The lowest BCUT2D eigenvalue weighted by atomic mass is 9.87. The topological polar surface area (TPSA) is 49.3 Å². The minimum atomic E-state index is -1.04. The van der Waals surface area contributed by atoms with Gasteiger partial charge in [-0.15, -0.1) is 0 Å². The fourth-order valence-corrected chi connectivity index (χ4v) is 2.51. The second kappa shape index (κ2) is 3.88. The van der Waals surface area contributed by atoms with Gasteiger partial charge in [-0.2, -0.15) is 0 Å². The molecule has 0 radical (unpaired) electrons. The van der Waals surface area contributed by atoms with Crippen molar-refractivity contribution in [3.8, 4) is 0 Å². The van der Waals surface area contributed by atoms with Gasteiger partial charge in [0.15, 0.2) is 5.54 Å². The van der Waals surface area contributed by atoms with E-state index in [1.54, 1.807) is 0 Å². The minimum Gasteiger partial charge on any atom is -0.479 e. The van der Waals surface area contributed by atoms with E-state index < -0.39 is 11.5 Å². The van der Waals surface area contributed by atoms with E-state index in [0.29, 0.717) is 6.42 Å². The molecule has 0 fully saturated rings. The van der Waals surface area contributed by atoms with E-state index in [2.05, 4.69) is 5.32 Å². The maximum absolute atomic E-state index is 11.7. The fraction of sp³-hybridized carbons (Fsp3) is 0.133. The van der Waals surface area contributed by atoms with Crippen molar-refractivity contribution in [2.24, 2.45) is 0 Å². The van der Waals surface area contributed by atoms with Crippen LogP contribution in [0.15, 0.2) is 54.6 Å². The maximum atomic E-state index is 11.7. The Bertz CT molecular complexity index is 567. The number of benzene rings is 2. The van der Waals surface area contributed by atoms with Crippen LogP contribution < -0.4 is 5.32 Å². The molecule has 2 aromatic rings. The fourth-order valence-electron chi connectivity index (χ4n) is 2.51. The van der Waals surface area contributed by atoms with Crippen LogP contribution in [0.5, 0.6) is 0 Å². The van der Waals surface area contributed by atoms with Crippen LogP contribution in [0.1, 0.15) is 11.1 Å². The molecule has 0 spiro atoms. The molecule has 3 nitrogen and oxygen atoms in total. The number of carboxylic acids is 1. The molecular formula is C15H13NO2. The summed E-state index contributed by atoms with van der Waals surface area (Å²) in [6.45, 7) is 0. The molecule has 90 valence electrons. The molecule has 0 saturated carbocycles. The molecule has 18 heavy (non-hydrogen) atoms. The molecule has 3 heteroatoms. The average Bonchev–Trinajstić information content (AvgIpc) is 2.80. The van der Waals surface area contributed by atoms with Crippen LogP contribution in [0.3, 0.4) is 0 Å². The molecule has 0 bridgehead atoms. The van der Waals surface area contributed by atoms with Crippen LogP contribution in [0.2, 0.25) is 0 Å². The van der Waals surface area contributed by atoms with Crippen LogP contribution in [0.4, 0.5) is 5.69 Å². The summed E-state index contributed by atoms with van der Waals surface area (Å²) < 4.78 is 0. The van der Waals surface area contributed by atoms with E-state index in [1.807, 2.05) is 54.6 Å². The lowest BCUT2D eigenvalue weighted by molar-refractivity contribution is -0.142. The first-order chi connectivity index (χ1) is 8.72. The van der Waals surface area contributed by atoms with Crippen molar-refractivity contribution in [3.05, 3.63) is 65.7 Å². The van der Waals surface area contributed by atoms with Gasteiger partial charge >= 0.3 is 5.97 Å². The highest BCUT2D eigenvalue weighted by atomic mass is 16.4. The van der Waals surface area contributed by atoms with Crippen molar-refractivity contribution in [2.75, 3.05) is 5.32 Å². The smallest absolute Gasteiger partial charge is 0.334 e. The lowest BCUT2D eigenvalue weighted by Crippen LogP contribution is -2.41. The Morgan fingerprint density at radius 2 is 1.72 bits per heavy atom. The average molecular weight is 239 g/mol. The first kappa shape index (κ1) is 10.8. The van der Waals surface area contributed by atoms with Gasteiger partial charge < -0.3 is 10.4 Å². The SMILES string of the molecule is O=C(O)C1(c2ccccc2)Cc2ccccc2N1. The zero-order valence-corrected chi connectivity index (χ0v) is 9.76. The highest BCUT2D eigenvalue weighted by molar-refractivity contribution is 5.88. The van der Waals surface area contributed by atoms with E-state index in [9.17, 15) is 9.90 Å². The number of rotatable bonds is 2. The Kier molecular flexibility index (Phi) is 2.33. The zero-order chi connectivity index (χ0) is 12.6. The van der Waals surface area contributed by atoms with Crippen LogP contribution in [-0.2, 0) is 16.8 Å². The number of anilines is 1. The summed E-state index contributed by atoms with van der Waals surface area (Å²) in [6.07, 6.45) is 0.475. The third-order valence-electron chi connectivity index (χ3n) is 3.45. The molecule has 1 unspecified atom stereocenters. The Balaban J connectivity index is 2.11. The maximum Gasteiger partial charge on any atom is 0.334 e. The Hall–Kier alpha value is -2.29. The molecular weight excluding hydrogens is 226 g/mol. The van der Waals surface area contributed by atoms with Gasteiger partial charge in [-0.05, 0) is 17.2 Å². The minimum absolute atomic E-state index is 0.475. The highest BCUT2D eigenvalue weighted by Crippen LogP contribution is 2.39. The molecule has 1 heterocycles. The second-order valence-corrected chi connectivity index (χ2v) is 4.54.